The van der Waals surface area contributed by atoms with Crippen LogP contribution in [0.3, 0.4) is 0 Å². The summed E-state index contributed by atoms with van der Waals surface area (Å²) in [6.07, 6.45) is 2.89. The van der Waals surface area contributed by atoms with Crippen LogP contribution in [0.25, 0.3) is 0 Å². The highest BCUT2D eigenvalue weighted by atomic mass is 35.5. The van der Waals surface area contributed by atoms with E-state index in [1.165, 1.54) is 12.8 Å². The maximum absolute atomic E-state index is 5.83. The summed E-state index contributed by atoms with van der Waals surface area (Å²) in [5, 5.41) is 3.08. The quantitative estimate of drug-likeness (QED) is 0.832. The molecule has 0 aromatic heterocycles. The molecule has 0 spiro atoms. The normalized spacial score (nSPS) is 20.4. The minimum atomic E-state index is 0.462. The lowest BCUT2D eigenvalue weighted by molar-refractivity contribution is -0.665. The number of hydrogen-bond donors (Lipinski definition) is 1. The van der Waals surface area contributed by atoms with Crippen molar-refractivity contribution in [3.8, 4) is 5.75 Å². The summed E-state index contributed by atoms with van der Waals surface area (Å²) >= 11 is 5.83. The summed E-state index contributed by atoms with van der Waals surface area (Å²) in [6, 6.07) is 7.52. The zero-order valence-corrected chi connectivity index (χ0v) is 12.2. The maximum atomic E-state index is 5.83. The van der Waals surface area contributed by atoms with Gasteiger partial charge in [0.1, 0.15) is 18.4 Å². The van der Waals surface area contributed by atoms with E-state index in [0.717, 1.165) is 37.1 Å². The zero-order valence-electron chi connectivity index (χ0n) is 11.5. The largest absolute Gasteiger partial charge is 0.493 e. The van der Waals surface area contributed by atoms with Gasteiger partial charge in [-0.15, -0.1) is 0 Å². The Morgan fingerprint density at radius 3 is 2.89 bits per heavy atom. The molecule has 0 radical (unpaired) electrons. The smallest absolute Gasteiger partial charge is 0.119 e. The zero-order chi connectivity index (χ0) is 13.5. The summed E-state index contributed by atoms with van der Waals surface area (Å²) < 4.78 is 11.3. The predicted octanol–water partition coefficient (Wildman–Crippen LogP) is 2.10. The Labute approximate surface area is 120 Å². The average molecular weight is 285 g/mol. The lowest BCUT2D eigenvalue weighted by Gasteiger charge is -2.13. The number of benzene rings is 1. The molecule has 1 aliphatic heterocycles. The van der Waals surface area contributed by atoms with Crippen molar-refractivity contribution in [2.45, 2.75) is 25.9 Å². The van der Waals surface area contributed by atoms with Crippen molar-refractivity contribution in [2.75, 3.05) is 26.3 Å². The standard InChI is InChI=1S/C15H22ClNO2/c1-12(9-17-10-15-3-2-8-18-15)11-19-14-6-4-13(16)5-7-14/h4-7,12,15,17H,2-3,8-11H2,1H3/p+1/t12-,15+/m1/s1. The molecule has 2 atom stereocenters. The second-order valence-electron chi connectivity index (χ2n) is 5.27. The Kier molecular flexibility index (Phi) is 5.95. The molecule has 2 N–H and O–H groups in total. The van der Waals surface area contributed by atoms with Crippen LogP contribution in [0.5, 0.6) is 5.75 Å². The first-order valence-electron chi connectivity index (χ1n) is 7.05. The van der Waals surface area contributed by atoms with Gasteiger partial charge in [-0.3, -0.25) is 0 Å². The van der Waals surface area contributed by atoms with Crippen molar-refractivity contribution in [2.24, 2.45) is 5.92 Å². The number of nitrogens with two attached hydrogens (primary N) is 1. The highest BCUT2D eigenvalue weighted by molar-refractivity contribution is 6.30. The Hall–Kier alpha value is -0.770. The lowest BCUT2D eigenvalue weighted by Crippen LogP contribution is -2.87. The molecule has 3 nitrogen and oxygen atoms in total. The van der Waals surface area contributed by atoms with Gasteiger partial charge in [-0.05, 0) is 37.1 Å². The highest BCUT2D eigenvalue weighted by Crippen LogP contribution is 2.16. The predicted molar refractivity (Wildman–Crippen MR) is 76.7 cm³/mol. The summed E-state index contributed by atoms with van der Waals surface area (Å²) in [4.78, 5) is 0. The average Bonchev–Trinajstić information content (AvgIpc) is 2.91. The summed E-state index contributed by atoms with van der Waals surface area (Å²) in [7, 11) is 0. The topological polar surface area (TPSA) is 35.1 Å². The fourth-order valence-electron chi connectivity index (χ4n) is 2.23. The van der Waals surface area contributed by atoms with E-state index in [9.17, 15) is 0 Å². The van der Waals surface area contributed by atoms with Crippen LogP contribution in [0, 0.1) is 5.92 Å². The number of quaternary nitrogens is 1. The third-order valence-corrected chi connectivity index (χ3v) is 3.62. The van der Waals surface area contributed by atoms with Gasteiger partial charge in [-0.2, -0.15) is 0 Å². The van der Waals surface area contributed by atoms with Gasteiger partial charge in [0, 0.05) is 17.5 Å². The van der Waals surface area contributed by atoms with Crippen LogP contribution in [0.15, 0.2) is 24.3 Å². The molecule has 0 saturated carbocycles. The molecule has 0 amide bonds. The van der Waals surface area contributed by atoms with E-state index in [0.29, 0.717) is 12.0 Å². The van der Waals surface area contributed by atoms with E-state index in [1.54, 1.807) is 0 Å². The van der Waals surface area contributed by atoms with Crippen LogP contribution in [-0.4, -0.2) is 32.4 Å². The van der Waals surface area contributed by atoms with Crippen molar-refractivity contribution in [1.82, 2.24) is 0 Å². The molecule has 0 bridgehead atoms. The molecule has 1 aromatic carbocycles. The van der Waals surface area contributed by atoms with Gasteiger partial charge in [0.05, 0.1) is 13.2 Å². The molecule has 0 aliphatic carbocycles. The number of hydrogen-bond acceptors (Lipinski definition) is 2. The fourth-order valence-corrected chi connectivity index (χ4v) is 2.36. The summed E-state index contributed by atoms with van der Waals surface area (Å²) in [6.45, 7) is 6.04. The molecule has 1 heterocycles. The van der Waals surface area contributed by atoms with Crippen LogP contribution in [0.2, 0.25) is 5.02 Å². The van der Waals surface area contributed by atoms with Crippen LogP contribution in [0.1, 0.15) is 19.8 Å². The van der Waals surface area contributed by atoms with E-state index in [1.807, 2.05) is 24.3 Å². The van der Waals surface area contributed by atoms with E-state index in [-0.39, 0.29) is 0 Å². The second-order valence-corrected chi connectivity index (χ2v) is 5.70. The van der Waals surface area contributed by atoms with Crippen LogP contribution < -0.4 is 10.1 Å². The maximum Gasteiger partial charge on any atom is 0.119 e. The van der Waals surface area contributed by atoms with Gasteiger partial charge >= 0.3 is 0 Å². The Morgan fingerprint density at radius 1 is 1.42 bits per heavy atom. The van der Waals surface area contributed by atoms with Crippen molar-refractivity contribution in [3.05, 3.63) is 29.3 Å². The van der Waals surface area contributed by atoms with Crippen LogP contribution in [0.4, 0.5) is 0 Å². The fraction of sp³-hybridized carbons (Fsp3) is 0.600. The first kappa shape index (κ1) is 14.6. The van der Waals surface area contributed by atoms with Crippen molar-refractivity contribution >= 4 is 11.6 Å². The Bertz CT molecular complexity index is 363. The summed E-state index contributed by atoms with van der Waals surface area (Å²) in [5.41, 5.74) is 0. The second kappa shape index (κ2) is 7.73. The number of rotatable bonds is 7. The lowest BCUT2D eigenvalue weighted by atomic mass is 10.2. The Morgan fingerprint density at radius 2 is 2.21 bits per heavy atom. The van der Waals surface area contributed by atoms with Gasteiger partial charge in [0.15, 0.2) is 0 Å². The molecular weight excluding hydrogens is 262 g/mol. The molecule has 106 valence electrons. The van der Waals surface area contributed by atoms with Crippen molar-refractivity contribution in [3.63, 3.8) is 0 Å². The minimum Gasteiger partial charge on any atom is -0.493 e. The molecule has 0 unspecified atom stereocenters. The van der Waals surface area contributed by atoms with Crippen molar-refractivity contribution in [1.29, 1.82) is 0 Å². The van der Waals surface area contributed by atoms with Crippen LogP contribution >= 0.6 is 11.6 Å². The monoisotopic (exact) mass is 284 g/mol. The number of ether oxygens (including phenoxy) is 2. The van der Waals surface area contributed by atoms with Crippen molar-refractivity contribution < 1.29 is 14.8 Å². The van der Waals surface area contributed by atoms with Crippen LogP contribution in [-0.2, 0) is 4.74 Å². The highest BCUT2D eigenvalue weighted by Gasteiger charge is 2.17. The first-order chi connectivity index (χ1) is 9.24. The third-order valence-electron chi connectivity index (χ3n) is 3.37. The van der Waals surface area contributed by atoms with Gasteiger partial charge in [-0.25, -0.2) is 0 Å². The van der Waals surface area contributed by atoms with E-state index in [4.69, 9.17) is 21.1 Å². The molecule has 1 aromatic rings. The van der Waals surface area contributed by atoms with Gasteiger partial charge in [0.2, 0.25) is 0 Å². The summed E-state index contributed by atoms with van der Waals surface area (Å²) in [5.74, 6) is 1.41. The SMILES string of the molecule is C[C@H](C[NH2+]C[C@@H]1CCCO1)COc1ccc(Cl)cc1. The van der Waals surface area contributed by atoms with Gasteiger partial charge in [-0.1, -0.05) is 18.5 Å². The molecule has 4 heteroatoms. The van der Waals surface area contributed by atoms with E-state index in [2.05, 4.69) is 12.2 Å². The van der Waals surface area contributed by atoms with E-state index >= 15 is 0 Å². The molecule has 1 fully saturated rings. The Balaban J connectivity index is 1.58. The molecular formula is C15H23ClNO2+. The molecule has 1 saturated heterocycles. The number of halogens is 1. The minimum absolute atomic E-state index is 0.462. The van der Waals surface area contributed by atoms with Gasteiger partial charge in [0.25, 0.3) is 0 Å². The van der Waals surface area contributed by atoms with Gasteiger partial charge < -0.3 is 14.8 Å². The first-order valence-corrected chi connectivity index (χ1v) is 7.43. The third kappa shape index (κ3) is 5.39. The molecule has 1 aliphatic rings. The molecule has 2 rings (SSSR count). The van der Waals surface area contributed by atoms with E-state index < -0.39 is 0 Å². The molecule has 19 heavy (non-hydrogen) atoms.